The molecule has 1 atom stereocenters. The van der Waals surface area contributed by atoms with E-state index < -0.39 is 0 Å². The molecule has 1 aliphatic heterocycles. The summed E-state index contributed by atoms with van der Waals surface area (Å²) >= 11 is 7.65. The fourth-order valence-electron chi connectivity index (χ4n) is 1.48. The molecule has 13 heavy (non-hydrogen) atoms. The van der Waals surface area contributed by atoms with E-state index in [1.165, 1.54) is 24.5 Å². The maximum atomic E-state index is 5.58. The Bertz CT molecular complexity index is 161. The van der Waals surface area contributed by atoms with Crippen molar-refractivity contribution < 1.29 is 0 Å². The van der Waals surface area contributed by atoms with Crippen LogP contribution in [0.1, 0.15) is 13.3 Å². The average molecular weight is 220 g/mol. The van der Waals surface area contributed by atoms with Crippen molar-refractivity contribution in [2.75, 3.05) is 30.5 Å². The molecule has 0 aromatic heterocycles. The standard InChI is InChI=1S/C10H18ClNS/c1-10-4-8-13-9-7-12(10)6-3-2-5-11/h2-3,10H,4-9H2,1H3/b3-2+. The zero-order valence-corrected chi connectivity index (χ0v) is 9.78. The first-order valence-electron chi connectivity index (χ1n) is 4.87. The molecule has 0 spiro atoms. The van der Waals surface area contributed by atoms with E-state index in [2.05, 4.69) is 29.7 Å². The van der Waals surface area contributed by atoms with E-state index >= 15 is 0 Å². The summed E-state index contributed by atoms with van der Waals surface area (Å²) in [7, 11) is 0. The lowest BCUT2D eigenvalue weighted by molar-refractivity contribution is 0.245. The van der Waals surface area contributed by atoms with Crippen LogP contribution in [-0.4, -0.2) is 41.4 Å². The Kier molecular flexibility index (Phi) is 5.92. The molecule has 0 radical (unpaired) electrons. The lowest BCUT2D eigenvalue weighted by Crippen LogP contribution is -2.33. The molecule has 0 aromatic carbocycles. The minimum Gasteiger partial charge on any atom is -0.296 e. The van der Waals surface area contributed by atoms with Crippen LogP contribution in [0.4, 0.5) is 0 Å². The highest BCUT2D eigenvalue weighted by molar-refractivity contribution is 7.99. The monoisotopic (exact) mass is 219 g/mol. The molecular formula is C10H18ClNS. The number of rotatable bonds is 3. The molecule has 1 aliphatic rings. The second kappa shape index (κ2) is 6.74. The van der Waals surface area contributed by atoms with Crippen LogP contribution >= 0.6 is 23.4 Å². The molecule has 1 rings (SSSR count). The van der Waals surface area contributed by atoms with Gasteiger partial charge in [-0.15, -0.1) is 11.6 Å². The van der Waals surface area contributed by atoms with E-state index in [0.29, 0.717) is 5.88 Å². The maximum Gasteiger partial charge on any atom is 0.0404 e. The predicted molar refractivity (Wildman–Crippen MR) is 62.8 cm³/mol. The van der Waals surface area contributed by atoms with Gasteiger partial charge in [0, 0.05) is 30.8 Å². The summed E-state index contributed by atoms with van der Waals surface area (Å²) in [5.41, 5.74) is 0. The molecule has 1 saturated heterocycles. The van der Waals surface area contributed by atoms with Crippen LogP contribution in [-0.2, 0) is 0 Å². The Balaban J connectivity index is 2.31. The van der Waals surface area contributed by atoms with Gasteiger partial charge in [-0.1, -0.05) is 12.2 Å². The number of alkyl halides is 1. The van der Waals surface area contributed by atoms with Crippen LogP contribution in [0.15, 0.2) is 12.2 Å². The molecule has 1 unspecified atom stereocenters. The highest BCUT2D eigenvalue weighted by atomic mass is 35.5. The van der Waals surface area contributed by atoms with Crippen molar-refractivity contribution in [2.45, 2.75) is 19.4 Å². The van der Waals surface area contributed by atoms with Gasteiger partial charge in [0.2, 0.25) is 0 Å². The Morgan fingerprint density at radius 1 is 1.46 bits per heavy atom. The van der Waals surface area contributed by atoms with Crippen molar-refractivity contribution in [3.05, 3.63) is 12.2 Å². The summed E-state index contributed by atoms with van der Waals surface area (Å²) < 4.78 is 0. The van der Waals surface area contributed by atoms with E-state index in [9.17, 15) is 0 Å². The van der Waals surface area contributed by atoms with E-state index in [4.69, 9.17) is 11.6 Å². The molecule has 0 bridgehead atoms. The fraction of sp³-hybridized carbons (Fsp3) is 0.800. The Labute approximate surface area is 90.5 Å². The maximum absolute atomic E-state index is 5.58. The average Bonchev–Trinajstić information content (AvgIpc) is 2.32. The van der Waals surface area contributed by atoms with Gasteiger partial charge in [-0.2, -0.15) is 11.8 Å². The summed E-state index contributed by atoms with van der Waals surface area (Å²) in [6, 6.07) is 0.731. The van der Waals surface area contributed by atoms with Crippen LogP contribution in [0, 0.1) is 0 Å². The van der Waals surface area contributed by atoms with Gasteiger partial charge in [0.1, 0.15) is 0 Å². The topological polar surface area (TPSA) is 3.24 Å². The van der Waals surface area contributed by atoms with Gasteiger partial charge >= 0.3 is 0 Å². The number of allylic oxidation sites excluding steroid dienone is 1. The van der Waals surface area contributed by atoms with Gasteiger partial charge in [0.25, 0.3) is 0 Å². The second-order valence-electron chi connectivity index (χ2n) is 3.37. The van der Waals surface area contributed by atoms with Gasteiger partial charge in [-0.3, -0.25) is 4.90 Å². The zero-order valence-electron chi connectivity index (χ0n) is 8.21. The minimum atomic E-state index is 0.636. The van der Waals surface area contributed by atoms with E-state index in [1.807, 2.05) is 6.08 Å². The van der Waals surface area contributed by atoms with Gasteiger partial charge < -0.3 is 0 Å². The summed E-state index contributed by atoms with van der Waals surface area (Å²) in [5, 5.41) is 0. The van der Waals surface area contributed by atoms with Crippen LogP contribution < -0.4 is 0 Å². The highest BCUT2D eigenvalue weighted by Crippen LogP contribution is 2.15. The van der Waals surface area contributed by atoms with E-state index in [1.54, 1.807) is 0 Å². The molecule has 0 aliphatic carbocycles. The largest absolute Gasteiger partial charge is 0.296 e. The molecule has 1 nitrogen and oxygen atoms in total. The number of hydrogen-bond donors (Lipinski definition) is 0. The number of hydrogen-bond acceptors (Lipinski definition) is 2. The normalized spacial score (nSPS) is 26.5. The molecule has 0 amide bonds. The molecule has 1 heterocycles. The number of nitrogens with zero attached hydrogens (tertiary/aromatic N) is 1. The Morgan fingerprint density at radius 2 is 2.31 bits per heavy atom. The highest BCUT2D eigenvalue weighted by Gasteiger charge is 2.14. The van der Waals surface area contributed by atoms with Crippen LogP contribution in [0.2, 0.25) is 0 Å². The van der Waals surface area contributed by atoms with Crippen molar-refractivity contribution in [1.82, 2.24) is 4.90 Å². The van der Waals surface area contributed by atoms with Crippen LogP contribution in [0.25, 0.3) is 0 Å². The first kappa shape index (κ1) is 11.4. The first-order valence-corrected chi connectivity index (χ1v) is 6.56. The van der Waals surface area contributed by atoms with E-state index in [-0.39, 0.29) is 0 Å². The third-order valence-electron chi connectivity index (χ3n) is 2.42. The van der Waals surface area contributed by atoms with Crippen molar-refractivity contribution in [1.29, 1.82) is 0 Å². The molecule has 0 saturated carbocycles. The predicted octanol–water partition coefficient (Wildman–Crippen LogP) is 2.61. The van der Waals surface area contributed by atoms with Crippen LogP contribution in [0.5, 0.6) is 0 Å². The molecule has 0 aromatic rings. The van der Waals surface area contributed by atoms with Gasteiger partial charge in [-0.05, 0) is 19.1 Å². The lowest BCUT2D eigenvalue weighted by Gasteiger charge is -2.24. The van der Waals surface area contributed by atoms with E-state index in [0.717, 1.165) is 12.6 Å². The number of halogens is 1. The summed E-state index contributed by atoms with van der Waals surface area (Å²) in [6.07, 6.45) is 5.53. The fourth-order valence-corrected chi connectivity index (χ4v) is 2.69. The quantitative estimate of drug-likeness (QED) is 0.531. The van der Waals surface area contributed by atoms with Crippen molar-refractivity contribution >= 4 is 23.4 Å². The zero-order chi connectivity index (χ0) is 9.52. The van der Waals surface area contributed by atoms with Crippen molar-refractivity contribution in [2.24, 2.45) is 0 Å². The summed E-state index contributed by atoms with van der Waals surface area (Å²) in [4.78, 5) is 2.53. The summed E-state index contributed by atoms with van der Waals surface area (Å²) in [6.45, 7) is 4.60. The smallest absolute Gasteiger partial charge is 0.0404 e. The molecule has 1 fully saturated rings. The van der Waals surface area contributed by atoms with Crippen LogP contribution in [0.3, 0.4) is 0 Å². The molecular weight excluding hydrogens is 202 g/mol. The third kappa shape index (κ3) is 4.39. The molecule has 76 valence electrons. The number of thioether (sulfide) groups is 1. The Morgan fingerprint density at radius 3 is 3.08 bits per heavy atom. The Hall–Kier alpha value is 0.340. The van der Waals surface area contributed by atoms with Gasteiger partial charge in [-0.25, -0.2) is 0 Å². The third-order valence-corrected chi connectivity index (χ3v) is 3.60. The first-order chi connectivity index (χ1) is 6.34. The minimum absolute atomic E-state index is 0.636. The summed E-state index contributed by atoms with van der Waals surface area (Å²) in [5.74, 6) is 3.23. The second-order valence-corrected chi connectivity index (χ2v) is 4.90. The van der Waals surface area contributed by atoms with Crippen molar-refractivity contribution in [3.63, 3.8) is 0 Å². The lowest BCUT2D eigenvalue weighted by atomic mass is 10.2. The molecule has 3 heteroatoms. The van der Waals surface area contributed by atoms with Gasteiger partial charge in [0.05, 0.1) is 0 Å². The molecule has 0 N–H and O–H groups in total. The van der Waals surface area contributed by atoms with Gasteiger partial charge in [0.15, 0.2) is 0 Å². The SMILES string of the molecule is CC1CCSCCN1C/C=C/CCl. The van der Waals surface area contributed by atoms with Crippen molar-refractivity contribution in [3.8, 4) is 0 Å².